The second-order valence-electron chi connectivity index (χ2n) is 0.637. The quantitative estimate of drug-likeness (QED) is 0.586. The third-order valence-electron chi connectivity index (χ3n) is 0.257. The first-order chi connectivity index (χ1) is 2.91. The van der Waals surface area contributed by atoms with Crippen molar-refractivity contribution >= 4 is 31.9 Å². The molecule has 0 aliphatic heterocycles. The number of hydrogen-bond donors (Lipinski definition) is 0. The van der Waals surface area contributed by atoms with E-state index in [4.69, 9.17) is 0 Å². The molecule has 0 saturated heterocycles. The Kier molecular flexibility index (Phi) is 5.84. The fourth-order valence-electron chi connectivity index (χ4n) is 0.0840. The predicted octanol–water partition coefficient (Wildman–Crippen LogP) is 2.80. The molecule has 0 radical (unpaired) electrons. The van der Waals surface area contributed by atoms with Crippen LogP contribution in [-0.4, -0.2) is 0 Å². The van der Waals surface area contributed by atoms with Gasteiger partial charge in [-0.2, -0.15) is 0 Å². The van der Waals surface area contributed by atoms with Crippen LogP contribution in [0.3, 0.4) is 0 Å². The van der Waals surface area contributed by atoms with Crippen LogP contribution in [0.15, 0.2) is 22.1 Å². The Morgan fingerprint density at radius 2 is 1.17 bits per heavy atom. The lowest BCUT2D eigenvalue weighted by Gasteiger charge is -1.59. The molecule has 0 N–H and O–H groups in total. The van der Waals surface area contributed by atoms with Gasteiger partial charge in [-0.25, -0.2) is 0 Å². The first kappa shape index (κ1) is 6.44. The zero-order valence-electron chi connectivity index (χ0n) is 3.07. The van der Waals surface area contributed by atoms with Gasteiger partial charge < -0.3 is 0 Å². The second-order valence-corrected chi connectivity index (χ2v) is 1.69. The summed E-state index contributed by atoms with van der Waals surface area (Å²) in [5.74, 6) is 0. The summed E-state index contributed by atoms with van der Waals surface area (Å²) in [7, 11) is 0. The van der Waals surface area contributed by atoms with Gasteiger partial charge in [0, 0.05) is 0 Å². The van der Waals surface area contributed by atoms with Crippen molar-refractivity contribution in [2.75, 3.05) is 0 Å². The number of halogens is 2. The van der Waals surface area contributed by atoms with Gasteiger partial charge in [0.25, 0.3) is 0 Å². The Bertz CT molecular complexity index is 53.9. The third kappa shape index (κ3) is 4.44. The molecule has 0 rings (SSSR count). The molecule has 0 nitrogen and oxygen atoms in total. The molecule has 34 valence electrons. The highest BCUT2D eigenvalue weighted by atomic mass is 79.9. The Balaban J connectivity index is 3.07. The minimum atomic E-state index is 1.78. The first-order valence-corrected chi connectivity index (χ1v) is 3.27. The fraction of sp³-hybridized carbons (Fsp3) is 0. The first-order valence-electron chi connectivity index (χ1n) is 1.44. The van der Waals surface area contributed by atoms with Crippen molar-refractivity contribution in [1.82, 2.24) is 0 Å². The molecular weight excluding hydrogens is 208 g/mol. The SMILES string of the molecule is BrC=CC=CBr. The van der Waals surface area contributed by atoms with Crippen molar-refractivity contribution in [2.45, 2.75) is 0 Å². The lowest BCUT2D eigenvalue weighted by atomic mass is 10.6. The van der Waals surface area contributed by atoms with Crippen molar-refractivity contribution in [1.29, 1.82) is 0 Å². The molecule has 0 spiro atoms. The van der Waals surface area contributed by atoms with Gasteiger partial charge in [0.15, 0.2) is 0 Å². The third-order valence-corrected chi connectivity index (χ3v) is 0.867. The van der Waals surface area contributed by atoms with Crippen molar-refractivity contribution in [3.8, 4) is 0 Å². The number of rotatable bonds is 1. The summed E-state index contributed by atoms with van der Waals surface area (Å²) in [5, 5.41) is 0. The molecule has 0 bridgehead atoms. The zero-order chi connectivity index (χ0) is 4.83. The van der Waals surface area contributed by atoms with Gasteiger partial charge in [-0.1, -0.05) is 44.0 Å². The fourth-order valence-corrected chi connectivity index (χ4v) is 0.436. The van der Waals surface area contributed by atoms with Crippen LogP contribution in [0.25, 0.3) is 0 Å². The molecule has 0 saturated carbocycles. The molecule has 0 fully saturated rings. The van der Waals surface area contributed by atoms with E-state index in [1.54, 1.807) is 9.97 Å². The van der Waals surface area contributed by atoms with E-state index in [9.17, 15) is 0 Å². The standard InChI is InChI=1S/C4H4Br2/c5-3-1-2-4-6/h1-4H. The summed E-state index contributed by atoms with van der Waals surface area (Å²) in [5.41, 5.74) is 0. The Labute approximate surface area is 54.2 Å². The molecule has 0 heterocycles. The highest BCUT2D eigenvalue weighted by molar-refractivity contribution is 9.11. The van der Waals surface area contributed by atoms with E-state index in [-0.39, 0.29) is 0 Å². The van der Waals surface area contributed by atoms with Crippen LogP contribution in [0.5, 0.6) is 0 Å². The van der Waals surface area contributed by atoms with Gasteiger partial charge in [0.05, 0.1) is 0 Å². The molecule has 0 aliphatic carbocycles. The van der Waals surface area contributed by atoms with Crippen molar-refractivity contribution in [3.05, 3.63) is 22.1 Å². The van der Waals surface area contributed by atoms with E-state index in [0.29, 0.717) is 0 Å². The molecule has 0 aliphatic rings. The molecule has 0 unspecified atom stereocenters. The second kappa shape index (κ2) is 5.44. The average Bonchev–Trinajstić information content (AvgIpc) is 1.61. The van der Waals surface area contributed by atoms with Gasteiger partial charge in [-0.05, 0) is 9.97 Å². The molecule has 6 heavy (non-hydrogen) atoms. The van der Waals surface area contributed by atoms with Crippen LogP contribution < -0.4 is 0 Å². The van der Waals surface area contributed by atoms with Crippen molar-refractivity contribution < 1.29 is 0 Å². The van der Waals surface area contributed by atoms with Crippen LogP contribution >= 0.6 is 31.9 Å². The molecule has 0 aromatic heterocycles. The van der Waals surface area contributed by atoms with E-state index >= 15 is 0 Å². The van der Waals surface area contributed by atoms with Crippen LogP contribution in [-0.2, 0) is 0 Å². The smallest absolute Gasteiger partial charge is 0.0189 e. The maximum absolute atomic E-state index is 3.10. The molecule has 2 heteroatoms. The lowest BCUT2D eigenvalue weighted by Crippen LogP contribution is -1.33. The number of allylic oxidation sites excluding steroid dienone is 2. The van der Waals surface area contributed by atoms with Crippen LogP contribution in [0.2, 0.25) is 0 Å². The summed E-state index contributed by atoms with van der Waals surface area (Å²) in [6.45, 7) is 0. The highest BCUT2D eigenvalue weighted by Gasteiger charge is 1.51. The Morgan fingerprint density at radius 3 is 1.33 bits per heavy atom. The highest BCUT2D eigenvalue weighted by Crippen LogP contribution is 1.86. The monoisotopic (exact) mass is 210 g/mol. The van der Waals surface area contributed by atoms with E-state index in [1.165, 1.54) is 0 Å². The van der Waals surface area contributed by atoms with Crippen molar-refractivity contribution in [2.24, 2.45) is 0 Å². The van der Waals surface area contributed by atoms with Gasteiger partial charge in [0.1, 0.15) is 0 Å². The van der Waals surface area contributed by atoms with E-state index < -0.39 is 0 Å². The van der Waals surface area contributed by atoms with Gasteiger partial charge in [-0.3, -0.25) is 0 Å². The molecule has 0 aromatic carbocycles. The largest absolute Gasteiger partial charge is 0.0595 e. The molecule has 0 aromatic rings. The molecule has 0 atom stereocenters. The van der Waals surface area contributed by atoms with Gasteiger partial charge in [-0.15, -0.1) is 0 Å². The predicted molar refractivity (Wildman–Crippen MR) is 36.1 cm³/mol. The summed E-state index contributed by atoms with van der Waals surface area (Å²) in [6, 6.07) is 0. The maximum Gasteiger partial charge on any atom is -0.0189 e. The lowest BCUT2D eigenvalue weighted by molar-refractivity contribution is 2.11. The van der Waals surface area contributed by atoms with Crippen LogP contribution in [0.4, 0.5) is 0 Å². The van der Waals surface area contributed by atoms with Gasteiger partial charge in [0.2, 0.25) is 0 Å². The summed E-state index contributed by atoms with van der Waals surface area (Å²) < 4.78 is 0. The van der Waals surface area contributed by atoms with Crippen molar-refractivity contribution in [3.63, 3.8) is 0 Å². The summed E-state index contributed by atoms with van der Waals surface area (Å²) >= 11 is 6.20. The van der Waals surface area contributed by atoms with Gasteiger partial charge >= 0.3 is 0 Å². The number of hydrogen-bond acceptors (Lipinski definition) is 0. The molecular formula is C4H4Br2. The zero-order valence-corrected chi connectivity index (χ0v) is 6.24. The molecule has 0 amide bonds. The van der Waals surface area contributed by atoms with Crippen LogP contribution in [0, 0.1) is 0 Å². The van der Waals surface area contributed by atoms with E-state index in [1.807, 2.05) is 12.2 Å². The normalized spacial score (nSPS) is 11.7. The Hall–Kier alpha value is 0.440. The maximum atomic E-state index is 3.10. The minimum absolute atomic E-state index is 1.78. The Morgan fingerprint density at radius 1 is 0.833 bits per heavy atom. The summed E-state index contributed by atoms with van der Waals surface area (Å²) in [4.78, 5) is 3.56. The summed E-state index contributed by atoms with van der Waals surface area (Å²) in [6.07, 6.45) is 3.74. The topological polar surface area (TPSA) is 0 Å². The average molecular weight is 212 g/mol. The van der Waals surface area contributed by atoms with Crippen LogP contribution in [0.1, 0.15) is 0 Å². The van der Waals surface area contributed by atoms with E-state index in [0.717, 1.165) is 0 Å². The van der Waals surface area contributed by atoms with E-state index in [2.05, 4.69) is 31.9 Å². The minimum Gasteiger partial charge on any atom is -0.0595 e.